The molecule has 4 rings (SSSR count). The average molecular weight is 465 g/mol. The molecule has 2 aliphatic rings. The van der Waals surface area contributed by atoms with Crippen LogP contribution in [0.4, 0.5) is 4.79 Å². The highest BCUT2D eigenvalue weighted by atomic mass is 16.5. The first-order valence-corrected chi connectivity index (χ1v) is 11.6. The lowest BCUT2D eigenvalue weighted by Crippen LogP contribution is -2.45. The smallest absolute Gasteiger partial charge is 0.325 e. The molecule has 0 saturated carbocycles. The number of hydrogen-bond donors (Lipinski definition) is 1. The minimum Gasteiger partial charge on any atom is -0.497 e. The van der Waals surface area contributed by atoms with Gasteiger partial charge in [0, 0.05) is 32.7 Å². The van der Waals surface area contributed by atoms with Gasteiger partial charge in [-0.25, -0.2) is 4.79 Å². The predicted octanol–water partition coefficient (Wildman–Crippen LogP) is 2.51. The number of urea groups is 1. The standard InChI is InChI=1S/C26H32N4O4/c1-19-5-7-20(8-6-19)17-28-13-4-14-29(16-15-28)23(31)18-30-24(32)26(2,27-25(30)33)21-9-11-22(34-3)12-10-21/h5-12H,4,13-18H2,1-3H3,(H,27,33). The zero-order chi connectivity index (χ0) is 24.3. The number of methoxy groups -OCH3 is 1. The number of hydrogen-bond acceptors (Lipinski definition) is 5. The molecule has 4 amide bonds. The van der Waals surface area contributed by atoms with Crippen molar-refractivity contribution >= 4 is 17.8 Å². The minimum atomic E-state index is -1.22. The molecule has 8 nitrogen and oxygen atoms in total. The quantitative estimate of drug-likeness (QED) is 0.665. The lowest BCUT2D eigenvalue weighted by atomic mass is 9.92. The Labute approximate surface area is 200 Å². The Kier molecular flexibility index (Phi) is 6.88. The van der Waals surface area contributed by atoms with Crippen LogP contribution in [0, 0.1) is 6.92 Å². The molecule has 0 aliphatic carbocycles. The van der Waals surface area contributed by atoms with Crippen molar-refractivity contribution in [2.24, 2.45) is 0 Å². The van der Waals surface area contributed by atoms with E-state index in [9.17, 15) is 14.4 Å². The van der Waals surface area contributed by atoms with Crippen molar-refractivity contribution in [2.75, 3.05) is 39.8 Å². The average Bonchev–Trinajstić information content (AvgIpc) is 2.99. The second-order valence-electron chi connectivity index (χ2n) is 9.17. The molecule has 1 atom stereocenters. The zero-order valence-electron chi connectivity index (χ0n) is 20.0. The number of nitrogens with zero attached hydrogens (tertiary/aromatic N) is 3. The number of carbonyl (C=O) groups excluding carboxylic acids is 3. The Morgan fingerprint density at radius 3 is 2.38 bits per heavy atom. The molecule has 1 unspecified atom stereocenters. The van der Waals surface area contributed by atoms with Gasteiger partial charge in [-0.2, -0.15) is 0 Å². The second-order valence-corrected chi connectivity index (χ2v) is 9.17. The lowest BCUT2D eigenvalue weighted by Gasteiger charge is -2.25. The van der Waals surface area contributed by atoms with Crippen LogP contribution >= 0.6 is 0 Å². The predicted molar refractivity (Wildman–Crippen MR) is 128 cm³/mol. The van der Waals surface area contributed by atoms with Crippen molar-refractivity contribution in [1.82, 2.24) is 20.0 Å². The van der Waals surface area contributed by atoms with E-state index in [1.807, 2.05) is 0 Å². The Hall–Kier alpha value is -3.39. The Bertz CT molecular complexity index is 1050. The van der Waals surface area contributed by atoms with E-state index in [1.54, 1.807) is 43.2 Å². The van der Waals surface area contributed by atoms with E-state index < -0.39 is 17.5 Å². The van der Waals surface area contributed by atoms with Crippen molar-refractivity contribution < 1.29 is 19.1 Å². The summed E-state index contributed by atoms with van der Waals surface area (Å²) in [7, 11) is 1.57. The van der Waals surface area contributed by atoms with Gasteiger partial charge in [-0.15, -0.1) is 0 Å². The number of ether oxygens (including phenoxy) is 1. The van der Waals surface area contributed by atoms with Crippen LogP contribution in [0.3, 0.4) is 0 Å². The fraction of sp³-hybridized carbons (Fsp3) is 0.423. The first-order valence-electron chi connectivity index (χ1n) is 11.6. The first kappa shape index (κ1) is 23.8. The van der Waals surface area contributed by atoms with Gasteiger partial charge >= 0.3 is 6.03 Å². The Balaban J connectivity index is 1.36. The third kappa shape index (κ3) is 4.92. The number of rotatable bonds is 6. The van der Waals surface area contributed by atoms with E-state index >= 15 is 0 Å². The highest BCUT2D eigenvalue weighted by molar-refractivity contribution is 6.09. The highest BCUT2D eigenvalue weighted by Gasteiger charge is 2.49. The number of carbonyl (C=O) groups is 3. The second kappa shape index (κ2) is 9.85. The summed E-state index contributed by atoms with van der Waals surface area (Å²) < 4.78 is 5.17. The van der Waals surface area contributed by atoms with Gasteiger partial charge in [-0.3, -0.25) is 19.4 Å². The molecule has 0 aromatic heterocycles. The fourth-order valence-corrected chi connectivity index (χ4v) is 4.53. The Morgan fingerprint density at radius 1 is 1.00 bits per heavy atom. The number of amides is 4. The maximum Gasteiger partial charge on any atom is 0.325 e. The van der Waals surface area contributed by atoms with Gasteiger partial charge in [0.15, 0.2) is 0 Å². The number of imide groups is 1. The van der Waals surface area contributed by atoms with Crippen LogP contribution in [-0.2, 0) is 21.7 Å². The summed E-state index contributed by atoms with van der Waals surface area (Å²) in [5, 5.41) is 2.76. The van der Waals surface area contributed by atoms with Crippen molar-refractivity contribution in [3.63, 3.8) is 0 Å². The molecule has 180 valence electrons. The van der Waals surface area contributed by atoms with Gasteiger partial charge in [0.1, 0.15) is 17.8 Å². The summed E-state index contributed by atoms with van der Waals surface area (Å²) in [6, 6.07) is 14.9. The minimum absolute atomic E-state index is 0.209. The fourth-order valence-electron chi connectivity index (χ4n) is 4.53. The normalized spacial score (nSPS) is 21.4. The summed E-state index contributed by atoms with van der Waals surface area (Å²) in [6.07, 6.45) is 0.849. The Morgan fingerprint density at radius 2 is 1.71 bits per heavy atom. The maximum absolute atomic E-state index is 13.2. The van der Waals surface area contributed by atoms with Gasteiger partial charge < -0.3 is 15.0 Å². The SMILES string of the molecule is COc1ccc(C2(C)NC(=O)N(CC(=O)N3CCCN(Cc4ccc(C)cc4)CC3)C2=O)cc1. The van der Waals surface area contributed by atoms with E-state index in [1.165, 1.54) is 11.1 Å². The molecule has 2 aromatic carbocycles. The van der Waals surface area contributed by atoms with Gasteiger partial charge in [0.05, 0.1) is 7.11 Å². The molecule has 8 heteroatoms. The van der Waals surface area contributed by atoms with Crippen LogP contribution < -0.4 is 10.1 Å². The zero-order valence-corrected chi connectivity index (χ0v) is 20.0. The van der Waals surface area contributed by atoms with Crippen molar-refractivity contribution in [3.05, 3.63) is 65.2 Å². The van der Waals surface area contributed by atoms with E-state index in [0.29, 0.717) is 24.4 Å². The first-order chi connectivity index (χ1) is 16.3. The van der Waals surface area contributed by atoms with Gasteiger partial charge in [0.2, 0.25) is 5.91 Å². The lowest BCUT2D eigenvalue weighted by molar-refractivity contribution is -0.138. The van der Waals surface area contributed by atoms with Crippen LogP contribution in [0.2, 0.25) is 0 Å². The van der Waals surface area contributed by atoms with Crippen LogP contribution in [0.25, 0.3) is 0 Å². The van der Waals surface area contributed by atoms with E-state index in [-0.39, 0.29) is 12.5 Å². The van der Waals surface area contributed by atoms with Crippen LogP contribution in [0.5, 0.6) is 5.75 Å². The van der Waals surface area contributed by atoms with Gasteiger partial charge in [-0.05, 0) is 43.5 Å². The van der Waals surface area contributed by atoms with Gasteiger partial charge in [-0.1, -0.05) is 42.0 Å². The number of aryl methyl sites for hydroxylation is 1. The summed E-state index contributed by atoms with van der Waals surface area (Å²) >= 11 is 0. The van der Waals surface area contributed by atoms with Crippen LogP contribution in [0.1, 0.15) is 30.0 Å². The van der Waals surface area contributed by atoms with E-state index in [2.05, 4.69) is 41.4 Å². The number of nitrogens with one attached hydrogen (secondary N) is 1. The topological polar surface area (TPSA) is 82.2 Å². The molecule has 2 aliphatic heterocycles. The summed E-state index contributed by atoms with van der Waals surface area (Å²) in [4.78, 5) is 44.0. The maximum atomic E-state index is 13.2. The molecule has 2 heterocycles. The molecule has 0 radical (unpaired) electrons. The van der Waals surface area contributed by atoms with Crippen LogP contribution in [-0.4, -0.2) is 72.4 Å². The molecule has 2 saturated heterocycles. The molecule has 2 aromatic rings. The van der Waals surface area contributed by atoms with Crippen molar-refractivity contribution in [1.29, 1.82) is 0 Å². The summed E-state index contributed by atoms with van der Waals surface area (Å²) in [5.74, 6) is 0.0280. The molecule has 0 spiro atoms. The largest absolute Gasteiger partial charge is 0.497 e. The molecule has 1 N–H and O–H groups in total. The monoisotopic (exact) mass is 464 g/mol. The molecule has 2 fully saturated rings. The van der Waals surface area contributed by atoms with Crippen molar-refractivity contribution in [3.8, 4) is 5.75 Å². The summed E-state index contributed by atoms with van der Waals surface area (Å²) in [6.45, 7) is 7.16. The van der Waals surface area contributed by atoms with E-state index in [0.717, 1.165) is 31.0 Å². The number of benzene rings is 2. The third-order valence-corrected chi connectivity index (χ3v) is 6.70. The van der Waals surface area contributed by atoms with Crippen molar-refractivity contribution in [2.45, 2.75) is 32.4 Å². The van der Waals surface area contributed by atoms with E-state index in [4.69, 9.17) is 4.74 Å². The molecule has 34 heavy (non-hydrogen) atoms. The molecular formula is C26H32N4O4. The summed E-state index contributed by atoms with van der Waals surface area (Å²) in [5.41, 5.74) is 1.92. The van der Waals surface area contributed by atoms with Gasteiger partial charge in [0.25, 0.3) is 5.91 Å². The molecular weight excluding hydrogens is 432 g/mol. The third-order valence-electron chi connectivity index (χ3n) is 6.70. The molecule has 0 bridgehead atoms. The van der Waals surface area contributed by atoms with Crippen LogP contribution in [0.15, 0.2) is 48.5 Å². The highest BCUT2D eigenvalue weighted by Crippen LogP contribution is 2.30.